The molecule has 1 atom stereocenters. The fourth-order valence-electron chi connectivity index (χ4n) is 2.69. The molecular weight excluding hydrogens is 242 g/mol. The average Bonchev–Trinajstić information content (AvgIpc) is 2.37. The van der Waals surface area contributed by atoms with Crippen molar-refractivity contribution in [1.82, 2.24) is 4.90 Å². The zero-order valence-electron chi connectivity index (χ0n) is 11.8. The minimum atomic E-state index is -0.260. The molecule has 1 aliphatic heterocycles. The second-order valence-electron chi connectivity index (χ2n) is 5.20. The van der Waals surface area contributed by atoms with Crippen LogP contribution in [0, 0.1) is 20.8 Å². The molecule has 4 nitrogen and oxygen atoms in total. The lowest BCUT2D eigenvalue weighted by Gasteiger charge is -2.32. The molecule has 1 fully saturated rings. The van der Waals surface area contributed by atoms with Crippen molar-refractivity contribution < 1.29 is 14.6 Å². The molecule has 0 aliphatic carbocycles. The molecule has 1 unspecified atom stereocenters. The molecule has 0 aromatic heterocycles. The largest absolute Gasteiger partial charge is 0.394 e. The summed E-state index contributed by atoms with van der Waals surface area (Å²) in [7, 11) is 0. The van der Waals surface area contributed by atoms with Gasteiger partial charge in [-0.25, -0.2) is 0 Å². The molecule has 0 bridgehead atoms. The van der Waals surface area contributed by atoms with Gasteiger partial charge in [-0.15, -0.1) is 0 Å². The number of aliphatic hydroxyl groups excluding tert-OH is 1. The highest BCUT2D eigenvalue weighted by Crippen LogP contribution is 2.19. The van der Waals surface area contributed by atoms with Gasteiger partial charge in [-0.2, -0.15) is 0 Å². The molecule has 2 rings (SSSR count). The van der Waals surface area contributed by atoms with E-state index in [1.807, 2.05) is 32.9 Å². The molecule has 1 amide bonds. The number of nitrogens with zero attached hydrogens (tertiary/aromatic N) is 1. The number of carbonyl (C=O) groups excluding carboxylic acids is 1. The Bertz CT molecular complexity index is 461. The van der Waals surface area contributed by atoms with Crippen LogP contribution in [0.2, 0.25) is 0 Å². The Kier molecular flexibility index (Phi) is 4.22. The molecule has 19 heavy (non-hydrogen) atoms. The van der Waals surface area contributed by atoms with Gasteiger partial charge in [0, 0.05) is 18.7 Å². The predicted octanol–water partition coefficient (Wildman–Crippen LogP) is 1.45. The number of benzene rings is 1. The van der Waals surface area contributed by atoms with E-state index in [4.69, 9.17) is 9.84 Å². The third kappa shape index (κ3) is 2.96. The molecule has 104 valence electrons. The quantitative estimate of drug-likeness (QED) is 0.878. The van der Waals surface area contributed by atoms with Gasteiger partial charge in [0.1, 0.15) is 0 Å². The highest BCUT2D eigenvalue weighted by Gasteiger charge is 2.26. The number of aliphatic hydroxyl groups is 1. The number of hydrogen-bond donors (Lipinski definition) is 1. The highest BCUT2D eigenvalue weighted by atomic mass is 16.5. The van der Waals surface area contributed by atoms with Crippen LogP contribution >= 0.6 is 0 Å². The smallest absolute Gasteiger partial charge is 0.254 e. The summed E-state index contributed by atoms with van der Waals surface area (Å²) in [5, 5.41) is 9.14. The first-order valence-electron chi connectivity index (χ1n) is 6.62. The van der Waals surface area contributed by atoms with E-state index in [0.717, 1.165) is 16.7 Å². The van der Waals surface area contributed by atoms with Crippen LogP contribution in [0.15, 0.2) is 12.1 Å². The van der Waals surface area contributed by atoms with Crippen molar-refractivity contribution in [2.24, 2.45) is 0 Å². The minimum Gasteiger partial charge on any atom is -0.394 e. The van der Waals surface area contributed by atoms with Gasteiger partial charge in [-0.3, -0.25) is 4.79 Å². The second-order valence-corrected chi connectivity index (χ2v) is 5.20. The molecule has 0 saturated carbocycles. The van der Waals surface area contributed by atoms with Gasteiger partial charge >= 0.3 is 0 Å². The van der Waals surface area contributed by atoms with E-state index in [1.54, 1.807) is 4.90 Å². The summed E-state index contributed by atoms with van der Waals surface area (Å²) in [6.45, 7) is 7.46. The summed E-state index contributed by atoms with van der Waals surface area (Å²) in [5.74, 6) is 0.0387. The molecule has 1 saturated heterocycles. The standard InChI is InChI=1S/C15H21NO3/c1-10-6-11(2)14(12(3)7-10)15(18)16-4-5-19-13(8-16)9-17/h6-7,13,17H,4-5,8-9H2,1-3H3. The topological polar surface area (TPSA) is 49.8 Å². The number of carbonyl (C=O) groups is 1. The van der Waals surface area contributed by atoms with Crippen LogP contribution in [-0.4, -0.2) is 48.3 Å². The van der Waals surface area contributed by atoms with Crippen molar-refractivity contribution in [2.45, 2.75) is 26.9 Å². The van der Waals surface area contributed by atoms with E-state index in [1.165, 1.54) is 5.56 Å². The van der Waals surface area contributed by atoms with E-state index in [9.17, 15) is 4.79 Å². The first-order valence-corrected chi connectivity index (χ1v) is 6.62. The summed E-state index contributed by atoms with van der Waals surface area (Å²) in [6, 6.07) is 4.06. The maximum atomic E-state index is 12.6. The average molecular weight is 263 g/mol. The fraction of sp³-hybridized carbons (Fsp3) is 0.533. The molecule has 1 aliphatic rings. The SMILES string of the molecule is Cc1cc(C)c(C(=O)N2CCOC(CO)C2)c(C)c1. The van der Waals surface area contributed by atoms with Gasteiger partial charge in [0.2, 0.25) is 0 Å². The maximum absolute atomic E-state index is 12.6. The lowest BCUT2D eigenvalue weighted by Crippen LogP contribution is -2.47. The van der Waals surface area contributed by atoms with Gasteiger partial charge in [0.25, 0.3) is 5.91 Å². The van der Waals surface area contributed by atoms with Crippen LogP contribution in [0.5, 0.6) is 0 Å². The number of morpholine rings is 1. The Morgan fingerprint density at radius 2 is 2.00 bits per heavy atom. The summed E-state index contributed by atoms with van der Waals surface area (Å²) in [5.41, 5.74) is 3.97. The van der Waals surface area contributed by atoms with E-state index in [2.05, 4.69) is 0 Å². The summed E-state index contributed by atoms with van der Waals surface area (Å²) in [6.07, 6.45) is -0.260. The first-order chi connectivity index (χ1) is 9.02. The van der Waals surface area contributed by atoms with Crippen molar-refractivity contribution in [3.63, 3.8) is 0 Å². The Morgan fingerprint density at radius 1 is 1.37 bits per heavy atom. The summed E-state index contributed by atoms with van der Waals surface area (Å²) >= 11 is 0. The van der Waals surface area contributed by atoms with Crippen LogP contribution in [-0.2, 0) is 4.74 Å². The van der Waals surface area contributed by atoms with Crippen LogP contribution in [0.25, 0.3) is 0 Å². The second kappa shape index (κ2) is 5.72. The molecular formula is C15H21NO3. The van der Waals surface area contributed by atoms with Crippen molar-refractivity contribution >= 4 is 5.91 Å². The van der Waals surface area contributed by atoms with Crippen LogP contribution in [0.1, 0.15) is 27.0 Å². The van der Waals surface area contributed by atoms with Gasteiger partial charge < -0.3 is 14.7 Å². The maximum Gasteiger partial charge on any atom is 0.254 e. The van der Waals surface area contributed by atoms with Gasteiger partial charge in [0.05, 0.1) is 19.3 Å². The van der Waals surface area contributed by atoms with Gasteiger partial charge in [0.15, 0.2) is 0 Å². The number of amides is 1. The molecule has 1 N–H and O–H groups in total. The lowest BCUT2D eigenvalue weighted by molar-refractivity contribution is -0.0447. The monoisotopic (exact) mass is 263 g/mol. The van der Waals surface area contributed by atoms with Gasteiger partial charge in [-0.1, -0.05) is 17.7 Å². The molecule has 0 radical (unpaired) electrons. The summed E-state index contributed by atoms with van der Waals surface area (Å²) in [4.78, 5) is 14.4. The number of aryl methyl sites for hydroxylation is 3. The van der Waals surface area contributed by atoms with Gasteiger partial charge in [-0.05, 0) is 31.9 Å². The normalized spacial score (nSPS) is 19.6. The van der Waals surface area contributed by atoms with E-state index >= 15 is 0 Å². The van der Waals surface area contributed by atoms with Crippen LogP contribution in [0.4, 0.5) is 0 Å². The minimum absolute atomic E-state index is 0.0387. The van der Waals surface area contributed by atoms with Crippen molar-refractivity contribution in [3.05, 3.63) is 34.4 Å². The Labute approximate surface area is 114 Å². The van der Waals surface area contributed by atoms with Crippen LogP contribution < -0.4 is 0 Å². The molecule has 1 aromatic rings. The number of ether oxygens (including phenoxy) is 1. The van der Waals surface area contributed by atoms with Crippen molar-refractivity contribution in [3.8, 4) is 0 Å². The third-order valence-electron chi connectivity index (χ3n) is 3.52. The third-order valence-corrected chi connectivity index (χ3v) is 3.52. The summed E-state index contributed by atoms with van der Waals surface area (Å²) < 4.78 is 5.38. The van der Waals surface area contributed by atoms with E-state index < -0.39 is 0 Å². The molecule has 1 heterocycles. The lowest BCUT2D eigenvalue weighted by atomic mass is 9.98. The van der Waals surface area contributed by atoms with E-state index in [0.29, 0.717) is 19.7 Å². The first kappa shape index (κ1) is 14.0. The Morgan fingerprint density at radius 3 is 2.58 bits per heavy atom. The predicted molar refractivity (Wildman–Crippen MR) is 73.4 cm³/mol. The van der Waals surface area contributed by atoms with Crippen molar-refractivity contribution in [1.29, 1.82) is 0 Å². The van der Waals surface area contributed by atoms with Crippen LogP contribution in [0.3, 0.4) is 0 Å². The molecule has 0 spiro atoms. The number of rotatable bonds is 2. The number of hydrogen-bond acceptors (Lipinski definition) is 3. The molecule has 4 heteroatoms. The fourth-order valence-corrected chi connectivity index (χ4v) is 2.69. The highest BCUT2D eigenvalue weighted by molar-refractivity contribution is 5.97. The Balaban J connectivity index is 2.24. The molecule has 1 aromatic carbocycles. The van der Waals surface area contributed by atoms with E-state index in [-0.39, 0.29) is 18.6 Å². The van der Waals surface area contributed by atoms with Crippen molar-refractivity contribution in [2.75, 3.05) is 26.3 Å². The Hall–Kier alpha value is -1.39. The zero-order valence-corrected chi connectivity index (χ0v) is 11.8. The zero-order chi connectivity index (χ0) is 14.0.